The van der Waals surface area contributed by atoms with Gasteiger partial charge in [-0.15, -0.1) is 12.4 Å². The molecule has 0 aromatic rings. The van der Waals surface area contributed by atoms with Gasteiger partial charge in [-0.1, -0.05) is 19.3 Å². The second-order valence-electron chi connectivity index (χ2n) is 5.93. The highest BCUT2D eigenvalue weighted by Crippen LogP contribution is 2.21. The average molecular weight is 290 g/mol. The molecule has 1 saturated carbocycles. The van der Waals surface area contributed by atoms with Gasteiger partial charge in [-0.05, 0) is 32.2 Å². The SMILES string of the molecule is CN(C(=O)CN1CCC[C@@H](N)C1)C1CCCCC1.Cl. The Balaban J connectivity index is 0.00000180. The van der Waals surface area contributed by atoms with Gasteiger partial charge in [0.05, 0.1) is 6.54 Å². The van der Waals surface area contributed by atoms with Gasteiger partial charge in [0.15, 0.2) is 0 Å². The van der Waals surface area contributed by atoms with E-state index < -0.39 is 0 Å². The molecule has 0 radical (unpaired) electrons. The van der Waals surface area contributed by atoms with Crippen LogP contribution in [0.5, 0.6) is 0 Å². The van der Waals surface area contributed by atoms with Crippen LogP contribution in [0.15, 0.2) is 0 Å². The molecule has 1 aliphatic heterocycles. The van der Waals surface area contributed by atoms with Crippen LogP contribution in [0, 0.1) is 0 Å². The molecule has 112 valence electrons. The molecule has 19 heavy (non-hydrogen) atoms. The summed E-state index contributed by atoms with van der Waals surface area (Å²) in [5.74, 6) is 0.274. The molecule has 5 heteroatoms. The number of nitrogens with two attached hydrogens (primary N) is 1. The topological polar surface area (TPSA) is 49.6 Å². The summed E-state index contributed by atoms with van der Waals surface area (Å²) < 4.78 is 0. The quantitative estimate of drug-likeness (QED) is 0.859. The molecular weight excluding hydrogens is 262 g/mol. The first-order chi connectivity index (χ1) is 8.66. The Kier molecular flexibility index (Phi) is 7.11. The third-order valence-electron chi connectivity index (χ3n) is 4.42. The molecule has 2 N–H and O–H groups in total. The first-order valence-electron chi connectivity index (χ1n) is 7.40. The zero-order chi connectivity index (χ0) is 13.0. The Bertz CT molecular complexity index is 282. The maximum absolute atomic E-state index is 12.3. The van der Waals surface area contributed by atoms with E-state index in [-0.39, 0.29) is 24.4 Å². The highest BCUT2D eigenvalue weighted by molar-refractivity contribution is 5.85. The zero-order valence-corrected chi connectivity index (χ0v) is 12.8. The lowest BCUT2D eigenvalue weighted by Gasteiger charge is -2.35. The van der Waals surface area contributed by atoms with Gasteiger partial charge in [-0.2, -0.15) is 0 Å². The molecule has 0 spiro atoms. The van der Waals surface area contributed by atoms with Crippen molar-refractivity contribution in [3.63, 3.8) is 0 Å². The first-order valence-corrected chi connectivity index (χ1v) is 7.40. The molecule has 2 fully saturated rings. The summed E-state index contributed by atoms with van der Waals surface area (Å²) in [5.41, 5.74) is 5.95. The number of hydrogen-bond donors (Lipinski definition) is 1. The van der Waals surface area contributed by atoms with Crippen LogP contribution >= 0.6 is 12.4 Å². The van der Waals surface area contributed by atoms with Crippen molar-refractivity contribution in [3.8, 4) is 0 Å². The minimum absolute atomic E-state index is 0. The van der Waals surface area contributed by atoms with Crippen molar-refractivity contribution in [2.45, 2.75) is 57.0 Å². The van der Waals surface area contributed by atoms with Crippen LogP contribution in [0.4, 0.5) is 0 Å². The van der Waals surface area contributed by atoms with Crippen LogP contribution in [0.2, 0.25) is 0 Å². The molecule has 4 nitrogen and oxygen atoms in total. The number of likely N-dealkylation sites (N-methyl/N-ethyl adjacent to an activating group) is 1. The zero-order valence-electron chi connectivity index (χ0n) is 12.0. The van der Waals surface area contributed by atoms with Gasteiger partial charge in [0.2, 0.25) is 5.91 Å². The van der Waals surface area contributed by atoms with Gasteiger partial charge in [-0.25, -0.2) is 0 Å². The van der Waals surface area contributed by atoms with Gasteiger partial charge >= 0.3 is 0 Å². The van der Waals surface area contributed by atoms with Crippen molar-refractivity contribution < 1.29 is 4.79 Å². The lowest BCUT2D eigenvalue weighted by molar-refractivity contribution is -0.134. The summed E-state index contributed by atoms with van der Waals surface area (Å²) in [4.78, 5) is 16.5. The fourth-order valence-electron chi connectivity index (χ4n) is 3.21. The summed E-state index contributed by atoms with van der Waals surface area (Å²) in [6, 6.07) is 0.733. The van der Waals surface area contributed by atoms with E-state index in [0.717, 1.165) is 25.9 Å². The number of hydrogen-bond acceptors (Lipinski definition) is 3. The van der Waals surface area contributed by atoms with Crippen LogP contribution in [-0.2, 0) is 4.79 Å². The van der Waals surface area contributed by atoms with E-state index in [1.807, 2.05) is 11.9 Å². The molecule has 0 aromatic heterocycles. The van der Waals surface area contributed by atoms with Gasteiger partial charge < -0.3 is 10.6 Å². The Hall–Kier alpha value is -0.320. The lowest BCUT2D eigenvalue weighted by atomic mass is 9.94. The fraction of sp³-hybridized carbons (Fsp3) is 0.929. The Labute approximate surface area is 123 Å². The van der Waals surface area contributed by atoms with Crippen molar-refractivity contribution in [2.24, 2.45) is 5.73 Å². The minimum atomic E-state index is 0. The molecule has 2 aliphatic rings. The van der Waals surface area contributed by atoms with Gasteiger partial charge in [-0.3, -0.25) is 9.69 Å². The average Bonchev–Trinajstić information content (AvgIpc) is 2.39. The number of likely N-dealkylation sites (tertiary alicyclic amines) is 1. The number of rotatable bonds is 3. The van der Waals surface area contributed by atoms with Crippen LogP contribution in [-0.4, -0.2) is 54.5 Å². The number of piperidine rings is 1. The van der Waals surface area contributed by atoms with Crippen LogP contribution in [0.25, 0.3) is 0 Å². The number of carbonyl (C=O) groups is 1. The predicted octanol–water partition coefficient (Wildman–Crippen LogP) is 1.62. The van der Waals surface area contributed by atoms with E-state index in [1.165, 1.54) is 32.1 Å². The van der Waals surface area contributed by atoms with Crippen molar-refractivity contribution in [1.29, 1.82) is 0 Å². The predicted molar refractivity (Wildman–Crippen MR) is 80.5 cm³/mol. The van der Waals surface area contributed by atoms with Crippen molar-refractivity contribution in [2.75, 3.05) is 26.7 Å². The molecule has 2 rings (SSSR count). The lowest BCUT2D eigenvalue weighted by Crippen LogP contribution is -2.49. The molecule has 0 aromatic carbocycles. The Morgan fingerprint density at radius 1 is 1.21 bits per heavy atom. The molecule has 0 bridgehead atoms. The van der Waals surface area contributed by atoms with Crippen molar-refractivity contribution in [3.05, 3.63) is 0 Å². The summed E-state index contributed by atoms with van der Waals surface area (Å²) in [6.07, 6.45) is 8.47. The summed E-state index contributed by atoms with van der Waals surface area (Å²) in [7, 11) is 1.97. The second kappa shape index (κ2) is 8.08. The van der Waals surface area contributed by atoms with Crippen LogP contribution < -0.4 is 5.73 Å². The normalized spacial score (nSPS) is 25.7. The van der Waals surface area contributed by atoms with E-state index >= 15 is 0 Å². The fourth-order valence-corrected chi connectivity index (χ4v) is 3.21. The summed E-state index contributed by atoms with van der Waals surface area (Å²) in [5, 5.41) is 0. The number of halogens is 1. The number of nitrogens with zero attached hydrogens (tertiary/aromatic N) is 2. The summed E-state index contributed by atoms with van der Waals surface area (Å²) >= 11 is 0. The molecule has 1 amide bonds. The van der Waals surface area contributed by atoms with E-state index in [2.05, 4.69) is 4.90 Å². The highest BCUT2D eigenvalue weighted by atomic mass is 35.5. The maximum atomic E-state index is 12.3. The molecular formula is C14H28ClN3O. The van der Waals surface area contributed by atoms with E-state index in [0.29, 0.717) is 12.6 Å². The number of amides is 1. The van der Waals surface area contributed by atoms with Crippen LogP contribution in [0.1, 0.15) is 44.9 Å². The minimum Gasteiger partial charge on any atom is -0.342 e. The first kappa shape index (κ1) is 16.7. The number of carbonyl (C=O) groups excluding carboxylic acids is 1. The Morgan fingerprint density at radius 2 is 1.89 bits per heavy atom. The van der Waals surface area contributed by atoms with Crippen molar-refractivity contribution in [1.82, 2.24) is 9.80 Å². The third kappa shape index (κ3) is 4.93. The molecule has 1 saturated heterocycles. The van der Waals surface area contributed by atoms with E-state index in [1.54, 1.807) is 0 Å². The van der Waals surface area contributed by atoms with Gasteiger partial charge in [0, 0.05) is 25.7 Å². The van der Waals surface area contributed by atoms with Crippen molar-refractivity contribution >= 4 is 18.3 Å². The van der Waals surface area contributed by atoms with E-state index in [9.17, 15) is 4.79 Å². The smallest absolute Gasteiger partial charge is 0.236 e. The van der Waals surface area contributed by atoms with Gasteiger partial charge in [0.1, 0.15) is 0 Å². The molecule has 1 aliphatic carbocycles. The molecule has 1 atom stereocenters. The highest BCUT2D eigenvalue weighted by Gasteiger charge is 2.25. The summed E-state index contributed by atoms with van der Waals surface area (Å²) in [6.45, 7) is 2.46. The third-order valence-corrected chi connectivity index (χ3v) is 4.42. The monoisotopic (exact) mass is 289 g/mol. The second-order valence-corrected chi connectivity index (χ2v) is 5.93. The van der Waals surface area contributed by atoms with Crippen LogP contribution in [0.3, 0.4) is 0 Å². The molecule has 0 unspecified atom stereocenters. The van der Waals surface area contributed by atoms with E-state index in [4.69, 9.17) is 5.73 Å². The van der Waals surface area contributed by atoms with Gasteiger partial charge in [0.25, 0.3) is 0 Å². The maximum Gasteiger partial charge on any atom is 0.236 e. The largest absolute Gasteiger partial charge is 0.342 e. The molecule has 1 heterocycles. The Morgan fingerprint density at radius 3 is 2.53 bits per heavy atom. The standard InChI is InChI=1S/C14H27N3O.ClH/c1-16(13-7-3-2-4-8-13)14(18)11-17-9-5-6-12(15)10-17;/h12-13H,2-11,15H2,1H3;1H/t12-;/m1./s1.